The molecule has 0 unspecified atom stereocenters. The Morgan fingerprint density at radius 1 is 1.25 bits per heavy atom. The highest BCUT2D eigenvalue weighted by Gasteiger charge is 2.08. The van der Waals surface area contributed by atoms with Crippen molar-refractivity contribution >= 4 is 11.9 Å². The molecule has 0 fully saturated rings. The molecule has 20 heavy (non-hydrogen) atoms. The number of benzene rings is 1. The van der Waals surface area contributed by atoms with Gasteiger partial charge >= 0.3 is 0 Å². The topological polar surface area (TPSA) is 58.1 Å². The minimum absolute atomic E-state index is 0.0897. The molecule has 2 aromatic rings. The minimum atomic E-state index is -0.0897. The van der Waals surface area contributed by atoms with E-state index in [-0.39, 0.29) is 5.91 Å². The lowest BCUT2D eigenvalue weighted by Crippen LogP contribution is -2.24. The van der Waals surface area contributed by atoms with Crippen LogP contribution in [-0.2, 0) is 6.54 Å². The van der Waals surface area contributed by atoms with Crippen molar-refractivity contribution in [1.82, 2.24) is 15.3 Å². The Labute approximate surface area is 118 Å². The van der Waals surface area contributed by atoms with Crippen LogP contribution < -0.4 is 10.2 Å². The highest BCUT2D eigenvalue weighted by atomic mass is 16.1. The van der Waals surface area contributed by atoms with Gasteiger partial charge in [-0.25, -0.2) is 9.97 Å². The van der Waals surface area contributed by atoms with E-state index in [0.717, 1.165) is 11.3 Å². The van der Waals surface area contributed by atoms with Crippen molar-refractivity contribution in [3.05, 3.63) is 53.3 Å². The van der Waals surface area contributed by atoms with E-state index >= 15 is 0 Å². The summed E-state index contributed by atoms with van der Waals surface area (Å²) in [7, 11) is 3.76. The number of hydrogen-bond donors (Lipinski definition) is 1. The van der Waals surface area contributed by atoms with Crippen molar-refractivity contribution in [2.45, 2.75) is 13.5 Å². The van der Waals surface area contributed by atoms with Gasteiger partial charge in [-0.05, 0) is 24.6 Å². The molecule has 0 saturated heterocycles. The van der Waals surface area contributed by atoms with Crippen LogP contribution in [0.3, 0.4) is 0 Å². The number of carbonyl (C=O) groups excluding carboxylic acids is 1. The maximum atomic E-state index is 12.1. The molecular formula is C15H18N4O. The number of anilines is 1. The number of aryl methyl sites for hydroxylation is 1. The molecule has 1 heterocycles. The lowest BCUT2D eigenvalue weighted by molar-refractivity contribution is 0.0950. The third-order valence-corrected chi connectivity index (χ3v) is 2.92. The first kappa shape index (κ1) is 14.0. The van der Waals surface area contributed by atoms with Gasteiger partial charge in [0.1, 0.15) is 0 Å². The van der Waals surface area contributed by atoms with Gasteiger partial charge in [-0.3, -0.25) is 4.79 Å². The van der Waals surface area contributed by atoms with E-state index in [9.17, 15) is 4.79 Å². The van der Waals surface area contributed by atoms with Crippen molar-refractivity contribution in [2.75, 3.05) is 19.0 Å². The van der Waals surface area contributed by atoms with E-state index < -0.39 is 0 Å². The fraction of sp³-hybridized carbons (Fsp3) is 0.267. The Morgan fingerprint density at radius 2 is 2.00 bits per heavy atom. The summed E-state index contributed by atoms with van der Waals surface area (Å²) in [6.45, 7) is 2.31. The van der Waals surface area contributed by atoms with Gasteiger partial charge in [0.25, 0.3) is 5.91 Å². The van der Waals surface area contributed by atoms with Crippen LogP contribution in [0.25, 0.3) is 0 Å². The second kappa shape index (κ2) is 6.14. The van der Waals surface area contributed by atoms with Crippen LogP contribution in [0, 0.1) is 6.92 Å². The van der Waals surface area contributed by atoms with E-state index in [1.165, 1.54) is 0 Å². The Morgan fingerprint density at radius 3 is 2.70 bits per heavy atom. The minimum Gasteiger partial charge on any atom is -0.347 e. The maximum Gasteiger partial charge on any atom is 0.251 e. The molecule has 0 aliphatic carbocycles. The fourth-order valence-electron chi connectivity index (χ4n) is 1.79. The number of carbonyl (C=O) groups is 1. The maximum absolute atomic E-state index is 12.1. The third kappa shape index (κ3) is 3.32. The summed E-state index contributed by atoms with van der Waals surface area (Å²) in [5, 5.41) is 2.87. The number of amides is 1. The van der Waals surface area contributed by atoms with Crippen molar-refractivity contribution in [3.8, 4) is 0 Å². The highest BCUT2D eigenvalue weighted by molar-refractivity contribution is 5.95. The van der Waals surface area contributed by atoms with E-state index in [2.05, 4.69) is 15.3 Å². The Hall–Kier alpha value is -2.43. The van der Waals surface area contributed by atoms with E-state index in [1.807, 2.05) is 50.2 Å². The molecule has 0 spiro atoms. The molecule has 5 nitrogen and oxygen atoms in total. The van der Waals surface area contributed by atoms with Crippen molar-refractivity contribution in [3.63, 3.8) is 0 Å². The average molecular weight is 270 g/mol. The highest BCUT2D eigenvalue weighted by Crippen LogP contribution is 2.07. The summed E-state index contributed by atoms with van der Waals surface area (Å²) in [5.41, 5.74) is 2.43. The van der Waals surface area contributed by atoms with Gasteiger partial charge in [0.15, 0.2) is 0 Å². The van der Waals surface area contributed by atoms with Gasteiger partial charge in [0.05, 0.1) is 12.2 Å². The molecule has 2 rings (SSSR count). The average Bonchev–Trinajstić information content (AvgIpc) is 2.45. The van der Waals surface area contributed by atoms with Crippen LogP contribution in [-0.4, -0.2) is 30.0 Å². The molecule has 5 heteroatoms. The molecule has 0 radical (unpaired) electrons. The Bertz CT molecular complexity index is 610. The number of hydrogen-bond acceptors (Lipinski definition) is 4. The molecule has 0 saturated carbocycles. The van der Waals surface area contributed by atoms with Gasteiger partial charge in [-0.15, -0.1) is 0 Å². The predicted molar refractivity (Wildman–Crippen MR) is 78.7 cm³/mol. The molecule has 1 aromatic heterocycles. The zero-order valence-electron chi connectivity index (χ0n) is 11.9. The van der Waals surface area contributed by atoms with Crippen molar-refractivity contribution in [1.29, 1.82) is 0 Å². The molecular weight excluding hydrogens is 252 g/mol. The normalized spacial score (nSPS) is 10.2. The zero-order chi connectivity index (χ0) is 14.5. The van der Waals surface area contributed by atoms with Gasteiger partial charge in [-0.2, -0.15) is 0 Å². The SMILES string of the molecule is Cc1ccccc1C(=O)NCc1ccnc(N(C)C)n1. The molecule has 104 valence electrons. The lowest BCUT2D eigenvalue weighted by Gasteiger charge is -2.11. The summed E-state index contributed by atoms with van der Waals surface area (Å²) in [5.74, 6) is 0.542. The van der Waals surface area contributed by atoms with Crippen LogP contribution in [0.15, 0.2) is 36.5 Å². The predicted octanol–water partition coefficient (Wildman–Crippen LogP) is 1.78. The largest absolute Gasteiger partial charge is 0.347 e. The molecule has 1 amide bonds. The van der Waals surface area contributed by atoms with Gasteiger partial charge < -0.3 is 10.2 Å². The van der Waals surface area contributed by atoms with Crippen LogP contribution in [0.1, 0.15) is 21.6 Å². The van der Waals surface area contributed by atoms with Crippen molar-refractivity contribution in [2.24, 2.45) is 0 Å². The van der Waals surface area contributed by atoms with E-state index in [4.69, 9.17) is 0 Å². The summed E-state index contributed by atoms with van der Waals surface area (Å²) in [6, 6.07) is 9.31. The van der Waals surface area contributed by atoms with Crippen LogP contribution >= 0.6 is 0 Å². The van der Waals surface area contributed by atoms with Gasteiger partial charge in [0, 0.05) is 25.9 Å². The third-order valence-electron chi connectivity index (χ3n) is 2.92. The molecule has 1 N–H and O–H groups in total. The number of nitrogens with one attached hydrogen (secondary N) is 1. The zero-order valence-corrected chi connectivity index (χ0v) is 11.9. The second-order valence-electron chi connectivity index (χ2n) is 4.74. The van der Waals surface area contributed by atoms with Crippen molar-refractivity contribution < 1.29 is 4.79 Å². The number of nitrogens with zero attached hydrogens (tertiary/aromatic N) is 3. The summed E-state index contributed by atoms with van der Waals surface area (Å²) >= 11 is 0. The monoisotopic (exact) mass is 270 g/mol. The van der Waals surface area contributed by atoms with Gasteiger partial charge in [0.2, 0.25) is 5.95 Å². The first-order valence-corrected chi connectivity index (χ1v) is 6.41. The van der Waals surface area contributed by atoms with E-state index in [0.29, 0.717) is 18.1 Å². The first-order valence-electron chi connectivity index (χ1n) is 6.41. The quantitative estimate of drug-likeness (QED) is 0.920. The molecule has 0 aliphatic heterocycles. The first-order chi connectivity index (χ1) is 9.58. The number of aromatic nitrogens is 2. The second-order valence-corrected chi connectivity index (χ2v) is 4.74. The van der Waals surface area contributed by atoms with Crippen LogP contribution in [0.2, 0.25) is 0 Å². The summed E-state index contributed by atoms with van der Waals surface area (Å²) in [4.78, 5) is 22.4. The smallest absolute Gasteiger partial charge is 0.251 e. The molecule has 0 bridgehead atoms. The van der Waals surface area contributed by atoms with Crippen LogP contribution in [0.4, 0.5) is 5.95 Å². The molecule has 0 atom stereocenters. The fourth-order valence-corrected chi connectivity index (χ4v) is 1.79. The summed E-state index contributed by atoms with van der Waals surface area (Å²) < 4.78 is 0. The summed E-state index contributed by atoms with van der Waals surface area (Å²) in [6.07, 6.45) is 1.69. The standard InChI is InChI=1S/C15H18N4O/c1-11-6-4-5-7-13(11)14(20)17-10-12-8-9-16-15(18-12)19(2)3/h4-9H,10H2,1-3H3,(H,17,20). The molecule has 0 aliphatic rings. The van der Waals surface area contributed by atoms with Gasteiger partial charge in [-0.1, -0.05) is 18.2 Å². The van der Waals surface area contributed by atoms with Crippen LogP contribution in [0.5, 0.6) is 0 Å². The number of rotatable bonds is 4. The lowest BCUT2D eigenvalue weighted by atomic mass is 10.1. The molecule has 1 aromatic carbocycles. The van der Waals surface area contributed by atoms with E-state index in [1.54, 1.807) is 12.3 Å². The Kier molecular flexibility index (Phi) is 4.30. The Balaban J connectivity index is 2.04.